The minimum Gasteiger partial charge on any atom is -0.414 e. The lowest BCUT2D eigenvalue weighted by Crippen LogP contribution is -2.60. The molecule has 0 aromatic heterocycles. The van der Waals surface area contributed by atoms with Crippen LogP contribution in [0, 0.1) is 22.7 Å². The van der Waals surface area contributed by atoms with Crippen LogP contribution < -0.4 is 0 Å². The summed E-state index contributed by atoms with van der Waals surface area (Å²) in [5.74, 6) is 0.546. The van der Waals surface area contributed by atoms with Gasteiger partial charge in [-0.1, -0.05) is 78.7 Å². The molecule has 3 N–H and O–H groups in total. The Labute approximate surface area is 247 Å². The molecule has 3 saturated carbocycles. The molecule has 0 radical (unpaired) electrons. The minimum absolute atomic E-state index is 0.0736. The smallest absolute Gasteiger partial charge is 0.192 e. The van der Waals surface area contributed by atoms with Crippen molar-refractivity contribution in [3.8, 4) is 0 Å². The molecule has 0 aromatic carbocycles. The lowest BCUT2D eigenvalue weighted by Gasteiger charge is -2.60. The highest BCUT2D eigenvalue weighted by molar-refractivity contribution is 6.74. The molecule has 0 aliphatic heterocycles. The van der Waals surface area contributed by atoms with Crippen LogP contribution in [0.25, 0.3) is 0 Å². The van der Waals surface area contributed by atoms with Gasteiger partial charge in [0.15, 0.2) is 16.6 Å². The molecule has 4 aliphatic carbocycles. The zero-order valence-electron chi connectivity index (χ0n) is 27.6. The Bertz CT molecular complexity index is 1040. The molecule has 0 heterocycles. The number of aliphatic hydroxyl groups is 3. The van der Waals surface area contributed by atoms with E-state index in [0.29, 0.717) is 12.3 Å². The molecule has 3 unspecified atom stereocenters. The highest BCUT2D eigenvalue weighted by atomic mass is 28.4. The van der Waals surface area contributed by atoms with Gasteiger partial charge in [-0.05, 0) is 86.6 Å². The van der Waals surface area contributed by atoms with Gasteiger partial charge < -0.3 is 24.2 Å². The van der Waals surface area contributed by atoms with Gasteiger partial charge in [0.25, 0.3) is 0 Å². The SMILES string of the molecule is CC(C)(C)[Si](C)(C)OC1CC2=CC=C3[C@@H]4CC[C@](O)(C(O)CO)[C@@]4(C)CC[C@@H]3[C@@]2(C)C(O[Si](C)(C)C(C)(C)C)C1. The molecule has 8 atom stereocenters. The summed E-state index contributed by atoms with van der Waals surface area (Å²) in [5, 5.41) is 32.5. The van der Waals surface area contributed by atoms with E-state index in [1.54, 1.807) is 0 Å². The summed E-state index contributed by atoms with van der Waals surface area (Å²) >= 11 is 0. The van der Waals surface area contributed by atoms with Gasteiger partial charge >= 0.3 is 0 Å². The van der Waals surface area contributed by atoms with Crippen molar-refractivity contribution in [1.29, 1.82) is 0 Å². The Hall–Kier alpha value is -0.286. The average molecular weight is 593 g/mol. The number of rotatable bonds is 6. The quantitative estimate of drug-likeness (QED) is 0.281. The minimum atomic E-state index is -2.07. The van der Waals surface area contributed by atoms with E-state index < -0.39 is 40.4 Å². The van der Waals surface area contributed by atoms with Crippen LogP contribution in [-0.2, 0) is 8.85 Å². The van der Waals surface area contributed by atoms with Gasteiger partial charge in [-0.15, -0.1) is 0 Å². The zero-order valence-corrected chi connectivity index (χ0v) is 29.6. The summed E-state index contributed by atoms with van der Waals surface area (Å²) in [6.45, 7) is 27.6. The highest BCUT2D eigenvalue weighted by Gasteiger charge is 2.65. The first-order valence-corrected chi connectivity index (χ1v) is 21.6. The standard InChI is InChI=1S/C33H60O5Si2/c1-29(2,3)39(9,10)37-23-19-22-13-14-24-25-16-18-33(36,27(35)21-34)31(25,7)17-15-26(24)32(22,8)28(20-23)38-40(11,12)30(4,5)6/h13-14,23,25-28,34-36H,15-21H2,1-12H3/t23?,25-,26-,27?,28?,31-,32-,33-/m0/s1. The van der Waals surface area contributed by atoms with Gasteiger partial charge in [0.1, 0.15) is 6.10 Å². The van der Waals surface area contributed by atoms with E-state index in [9.17, 15) is 15.3 Å². The van der Waals surface area contributed by atoms with Crippen LogP contribution in [-0.4, -0.2) is 62.5 Å². The first-order valence-electron chi connectivity index (χ1n) is 15.8. The third-order valence-electron chi connectivity index (χ3n) is 13.1. The maximum atomic E-state index is 11.7. The number of aliphatic hydroxyl groups excluding tert-OH is 2. The lowest BCUT2D eigenvalue weighted by atomic mass is 9.49. The Morgan fingerprint density at radius 2 is 1.45 bits per heavy atom. The number of hydrogen-bond donors (Lipinski definition) is 3. The molecule has 0 saturated heterocycles. The van der Waals surface area contributed by atoms with Crippen LogP contribution in [0.5, 0.6) is 0 Å². The largest absolute Gasteiger partial charge is 0.414 e. The van der Waals surface area contributed by atoms with Crippen molar-refractivity contribution in [3.05, 3.63) is 23.3 Å². The van der Waals surface area contributed by atoms with Crippen LogP contribution in [0.15, 0.2) is 23.3 Å². The average Bonchev–Trinajstić information content (AvgIpc) is 3.09. The molecule has 0 amide bonds. The van der Waals surface area contributed by atoms with Crippen LogP contribution in [0.3, 0.4) is 0 Å². The van der Waals surface area contributed by atoms with E-state index >= 15 is 0 Å². The summed E-state index contributed by atoms with van der Waals surface area (Å²) in [7, 11) is -4.02. The number of hydrogen-bond acceptors (Lipinski definition) is 5. The summed E-state index contributed by atoms with van der Waals surface area (Å²) in [4.78, 5) is 0. The fraction of sp³-hybridized carbons (Fsp3) is 0.879. The van der Waals surface area contributed by atoms with Crippen LogP contribution in [0.4, 0.5) is 0 Å². The summed E-state index contributed by atoms with van der Waals surface area (Å²) in [6.07, 6.45) is 8.91. The first-order chi connectivity index (χ1) is 18.0. The molecule has 230 valence electrons. The van der Waals surface area contributed by atoms with E-state index in [1.807, 2.05) is 0 Å². The van der Waals surface area contributed by atoms with Crippen molar-refractivity contribution in [2.24, 2.45) is 22.7 Å². The maximum absolute atomic E-state index is 11.7. The third-order valence-corrected chi connectivity index (χ3v) is 22.1. The van der Waals surface area contributed by atoms with E-state index in [4.69, 9.17) is 8.85 Å². The van der Waals surface area contributed by atoms with Crippen molar-refractivity contribution < 1.29 is 24.2 Å². The molecule has 40 heavy (non-hydrogen) atoms. The van der Waals surface area contributed by atoms with Gasteiger partial charge in [-0.2, -0.15) is 0 Å². The maximum Gasteiger partial charge on any atom is 0.192 e. The molecular weight excluding hydrogens is 533 g/mol. The van der Waals surface area contributed by atoms with Gasteiger partial charge in [-0.25, -0.2) is 0 Å². The zero-order chi connectivity index (χ0) is 30.3. The summed E-state index contributed by atoms with van der Waals surface area (Å²) < 4.78 is 14.5. The Morgan fingerprint density at radius 3 is 2.00 bits per heavy atom. The fourth-order valence-electron chi connectivity index (χ4n) is 8.14. The van der Waals surface area contributed by atoms with Crippen molar-refractivity contribution in [2.45, 2.75) is 154 Å². The Kier molecular flexibility index (Phi) is 8.27. The summed E-state index contributed by atoms with van der Waals surface area (Å²) in [6, 6.07) is 0. The molecule has 5 nitrogen and oxygen atoms in total. The van der Waals surface area contributed by atoms with Crippen molar-refractivity contribution in [1.82, 2.24) is 0 Å². The van der Waals surface area contributed by atoms with E-state index in [1.165, 1.54) is 11.1 Å². The first kappa shape index (κ1) is 32.6. The molecule has 0 aromatic rings. The van der Waals surface area contributed by atoms with E-state index in [2.05, 4.69) is 93.7 Å². The van der Waals surface area contributed by atoms with E-state index in [0.717, 1.165) is 32.1 Å². The second-order valence-electron chi connectivity index (χ2n) is 17.2. The second kappa shape index (κ2) is 10.1. The summed E-state index contributed by atoms with van der Waals surface area (Å²) in [5.41, 5.74) is 1.07. The monoisotopic (exact) mass is 592 g/mol. The van der Waals surface area contributed by atoms with Gasteiger partial charge in [0.2, 0.25) is 0 Å². The highest BCUT2D eigenvalue weighted by Crippen LogP contribution is 2.67. The fourth-order valence-corrected chi connectivity index (χ4v) is 10.9. The number of fused-ring (bicyclic) bond motifs is 5. The predicted octanol–water partition coefficient (Wildman–Crippen LogP) is 7.34. The topological polar surface area (TPSA) is 79.2 Å². The van der Waals surface area contributed by atoms with Crippen molar-refractivity contribution in [3.63, 3.8) is 0 Å². The Morgan fingerprint density at radius 1 is 0.900 bits per heavy atom. The van der Waals surface area contributed by atoms with Gasteiger partial charge in [-0.3, -0.25) is 0 Å². The van der Waals surface area contributed by atoms with Crippen molar-refractivity contribution >= 4 is 16.6 Å². The number of allylic oxidation sites excluding steroid dienone is 3. The molecule has 3 fully saturated rings. The van der Waals surface area contributed by atoms with Crippen LogP contribution in [0.1, 0.15) is 93.9 Å². The van der Waals surface area contributed by atoms with E-state index in [-0.39, 0.29) is 33.6 Å². The molecule has 0 spiro atoms. The normalized spacial score (nSPS) is 39.6. The molecule has 0 bridgehead atoms. The molecular formula is C33H60O5Si2. The second-order valence-corrected chi connectivity index (χ2v) is 26.7. The van der Waals surface area contributed by atoms with Crippen LogP contribution in [0.2, 0.25) is 36.3 Å². The third kappa shape index (κ3) is 4.91. The molecule has 4 aliphatic rings. The Balaban J connectivity index is 1.75. The van der Waals surface area contributed by atoms with Crippen LogP contribution >= 0.6 is 0 Å². The van der Waals surface area contributed by atoms with Crippen molar-refractivity contribution in [2.75, 3.05) is 6.61 Å². The van der Waals surface area contributed by atoms with Gasteiger partial charge in [0.05, 0.1) is 24.4 Å². The van der Waals surface area contributed by atoms with Gasteiger partial charge in [0, 0.05) is 10.8 Å². The molecule has 4 rings (SSSR count). The lowest BCUT2D eigenvalue weighted by molar-refractivity contribution is -0.167. The molecule has 7 heteroatoms. The predicted molar refractivity (Wildman–Crippen MR) is 169 cm³/mol.